The molecule has 5 nitrogen and oxygen atoms in total. The van der Waals surface area contributed by atoms with E-state index in [1.54, 1.807) is 0 Å². The van der Waals surface area contributed by atoms with Crippen LogP contribution in [0, 0.1) is 11.3 Å². The van der Waals surface area contributed by atoms with Gasteiger partial charge >= 0.3 is 0 Å². The van der Waals surface area contributed by atoms with E-state index in [2.05, 4.69) is 22.8 Å². The minimum atomic E-state index is -0.599. The lowest BCUT2D eigenvalue weighted by atomic mass is 9.60. The van der Waals surface area contributed by atoms with E-state index in [0.717, 1.165) is 62.2 Å². The second-order valence-corrected chi connectivity index (χ2v) is 10.2. The molecule has 2 aromatic rings. The average Bonchev–Trinajstić information content (AvgIpc) is 2.86. The Morgan fingerprint density at radius 2 is 1.53 bits per heavy atom. The Morgan fingerprint density at radius 1 is 0.912 bits per heavy atom. The van der Waals surface area contributed by atoms with Gasteiger partial charge in [-0.15, -0.1) is 0 Å². The molecule has 2 N–H and O–H groups in total. The molecule has 3 aliphatic rings. The molecular formula is C29H38N2O3. The highest BCUT2D eigenvalue weighted by molar-refractivity contribution is 5.90. The number of nitrogens with one attached hydrogen (secondary N) is 2. The van der Waals surface area contributed by atoms with Gasteiger partial charge in [0.25, 0.3) is 0 Å². The molecular weight excluding hydrogens is 424 g/mol. The van der Waals surface area contributed by atoms with Crippen molar-refractivity contribution in [3.8, 4) is 5.75 Å². The summed E-state index contributed by atoms with van der Waals surface area (Å²) in [4.78, 5) is 26.9. The van der Waals surface area contributed by atoms with Crippen LogP contribution in [0.15, 0.2) is 54.6 Å². The van der Waals surface area contributed by atoms with Crippen molar-refractivity contribution >= 4 is 11.8 Å². The standard InChI is InChI=1S/C29H38N2O3/c1-3-34-25-11-9-24(10-12-25)20-26(27(32)30-21(2)19-23-7-5-4-6-8-23)31-28(33)29-16-13-22(14-17-29)15-18-29/h4-12,21-22,26H,3,13-20H2,1-2H3,(H,30,32)(H,31,33). The maximum atomic E-state index is 13.5. The highest BCUT2D eigenvalue weighted by atomic mass is 16.5. The van der Waals surface area contributed by atoms with E-state index in [0.29, 0.717) is 13.0 Å². The summed E-state index contributed by atoms with van der Waals surface area (Å²) < 4.78 is 5.55. The number of hydrogen-bond acceptors (Lipinski definition) is 3. The zero-order valence-electron chi connectivity index (χ0n) is 20.5. The Bertz CT molecular complexity index is 935. The number of hydrogen-bond donors (Lipinski definition) is 2. The number of fused-ring (bicyclic) bond motifs is 3. The molecule has 5 heteroatoms. The van der Waals surface area contributed by atoms with Crippen molar-refractivity contribution in [3.05, 3.63) is 65.7 Å². The average molecular weight is 463 g/mol. The SMILES string of the molecule is CCOc1ccc(CC(NC(=O)C23CCC(CC2)CC3)C(=O)NC(C)Cc2ccccc2)cc1. The predicted molar refractivity (Wildman–Crippen MR) is 135 cm³/mol. The van der Waals surface area contributed by atoms with Crippen molar-refractivity contribution in [1.82, 2.24) is 10.6 Å². The minimum Gasteiger partial charge on any atom is -0.494 e. The first-order valence-electron chi connectivity index (χ1n) is 12.8. The Kier molecular flexibility index (Phi) is 7.91. The van der Waals surface area contributed by atoms with E-state index in [4.69, 9.17) is 4.74 Å². The second kappa shape index (κ2) is 11.1. The quantitative estimate of drug-likeness (QED) is 0.531. The van der Waals surface area contributed by atoms with Crippen LogP contribution in [-0.2, 0) is 22.4 Å². The van der Waals surface area contributed by atoms with Gasteiger partial charge in [0.05, 0.1) is 6.61 Å². The third-order valence-electron chi connectivity index (χ3n) is 7.64. The van der Waals surface area contributed by atoms with E-state index in [9.17, 15) is 9.59 Å². The number of amides is 2. The fourth-order valence-corrected chi connectivity index (χ4v) is 5.60. The Hall–Kier alpha value is -2.82. The van der Waals surface area contributed by atoms with E-state index in [-0.39, 0.29) is 23.3 Å². The molecule has 2 bridgehead atoms. The summed E-state index contributed by atoms with van der Waals surface area (Å²) in [6.07, 6.45) is 7.47. The lowest BCUT2D eigenvalue weighted by Gasteiger charge is -2.45. The van der Waals surface area contributed by atoms with Crippen molar-refractivity contribution in [2.24, 2.45) is 11.3 Å². The summed E-state index contributed by atoms with van der Waals surface area (Å²) in [7, 11) is 0. The van der Waals surface area contributed by atoms with Crippen LogP contribution in [0.1, 0.15) is 63.5 Å². The van der Waals surface area contributed by atoms with Crippen molar-refractivity contribution in [1.29, 1.82) is 0 Å². The molecule has 0 saturated heterocycles. The lowest BCUT2D eigenvalue weighted by molar-refractivity contribution is -0.140. The molecule has 182 valence electrons. The van der Waals surface area contributed by atoms with Gasteiger partial charge in [0.15, 0.2) is 0 Å². The van der Waals surface area contributed by atoms with Crippen LogP contribution >= 0.6 is 0 Å². The molecule has 0 aliphatic heterocycles. The summed E-state index contributed by atoms with van der Waals surface area (Å²) in [5.41, 5.74) is 1.90. The summed E-state index contributed by atoms with van der Waals surface area (Å²) in [5.74, 6) is 1.54. The van der Waals surface area contributed by atoms with Crippen LogP contribution in [0.3, 0.4) is 0 Å². The van der Waals surface area contributed by atoms with Gasteiger partial charge in [-0.25, -0.2) is 0 Å². The van der Waals surface area contributed by atoms with Gasteiger partial charge in [-0.1, -0.05) is 42.5 Å². The highest BCUT2D eigenvalue weighted by Crippen LogP contribution is 2.50. The van der Waals surface area contributed by atoms with Crippen LogP contribution in [0.25, 0.3) is 0 Å². The topological polar surface area (TPSA) is 67.4 Å². The second-order valence-electron chi connectivity index (χ2n) is 10.2. The van der Waals surface area contributed by atoms with Crippen LogP contribution in [0.2, 0.25) is 0 Å². The van der Waals surface area contributed by atoms with Crippen LogP contribution in [0.5, 0.6) is 5.75 Å². The summed E-state index contributed by atoms with van der Waals surface area (Å²) in [5, 5.41) is 6.33. The Morgan fingerprint density at radius 3 is 2.15 bits per heavy atom. The number of carbonyl (C=O) groups is 2. The van der Waals surface area contributed by atoms with Gasteiger partial charge in [0.2, 0.25) is 11.8 Å². The third-order valence-corrected chi connectivity index (χ3v) is 7.64. The molecule has 3 saturated carbocycles. The molecule has 34 heavy (non-hydrogen) atoms. The van der Waals surface area contributed by atoms with Crippen LogP contribution < -0.4 is 15.4 Å². The molecule has 0 spiro atoms. The number of rotatable bonds is 10. The molecule has 2 amide bonds. The Balaban J connectivity index is 1.45. The smallest absolute Gasteiger partial charge is 0.243 e. The van der Waals surface area contributed by atoms with Crippen molar-refractivity contribution in [2.75, 3.05) is 6.61 Å². The van der Waals surface area contributed by atoms with E-state index >= 15 is 0 Å². The first-order valence-corrected chi connectivity index (χ1v) is 12.8. The molecule has 5 rings (SSSR count). The van der Waals surface area contributed by atoms with Gasteiger partial charge in [-0.2, -0.15) is 0 Å². The molecule has 0 heterocycles. The lowest BCUT2D eigenvalue weighted by Crippen LogP contribution is -2.55. The molecule has 2 unspecified atom stereocenters. The molecule has 0 radical (unpaired) electrons. The highest BCUT2D eigenvalue weighted by Gasteiger charge is 2.46. The summed E-state index contributed by atoms with van der Waals surface area (Å²) in [6.45, 7) is 4.59. The number of carbonyl (C=O) groups excluding carboxylic acids is 2. The maximum Gasteiger partial charge on any atom is 0.243 e. The summed E-state index contributed by atoms with van der Waals surface area (Å²) >= 11 is 0. The van der Waals surface area contributed by atoms with Gasteiger partial charge in [0, 0.05) is 17.9 Å². The molecule has 3 fully saturated rings. The fraction of sp³-hybridized carbons (Fsp3) is 0.517. The molecule has 3 aliphatic carbocycles. The van der Waals surface area contributed by atoms with Crippen molar-refractivity contribution < 1.29 is 14.3 Å². The normalized spacial score (nSPS) is 23.1. The minimum absolute atomic E-state index is 0.0297. The zero-order chi connectivity index (χ0) is 24.0. The number of benzene rings is 2. The predicted octanol–water partition coefficient (Wildman–Crippen LogP) is 4.83. The molecule has 0 aromatic heterocycles. The van der Waals surface area contributed by atoms with Crippen LogP contribution in [-0.4, -0.2) is 30.5 Å². The van der Waals surface area contributed by atoms with E-state index < -0.39 is 6.04 Å². The van der Waals surface area contributed by atoms with Gasteiger partial charge in [-0.3, -0.25) is 9.59 Å². The van der Waals surface area contributed by atoms with Crippen LogP contribution in [0.4, 0.5) is 0 Å². The largest absolute Gasteiger partial charge is 0.494 e. The van der Waals surface area contributed by atoms with Gasteiger partial charge < -0.3 is 15.4 Å². The number of ether oxygens (including phenoxy) is 1. The third kappa shape index (κ3) is 5.99. The van der Waals surface area contributed by atoms with E-state index in [1.807, 2.05) is 56.3 Å². The van der Waals surface area contributed by atoms with Crippen molar-refractivity contribution in [3.63, 3.8) is 0 Å². The zero-order valence-corrected chi connectivity index (χ0v) is 20.5. The summed E-state index contributed by atoms with van der Waals surface area (Å²) in [6, 6.07) is 17.3. The van der Waals surface area contributed by atoms with Crippen molar-refractivity contribution in [2.45, 2.75) is 77.3 Å². The maximum absolute atomic E-state index is 13.5. The molecule has 2 atom stereocenters. The first kappa shape index (κ1) is 24.3. The first-order chi connectivity index (χ1) is 16.5. The van der Waals surface area contributed by atoms with E-state index in [1.165, 1.54) is 5.56 Å². The molecule has 2 aromatic carbocycles. The Labute approximate surface area is 203 Å². The monoisotopic (exact) mass is 462 g/mol. The fourth-order valence-electron chi connectivity index (χ4n) is 5.60. The van der Waals surface area contributed by atoms with Gasteiger partial charge in [-0.05, 0) is 88.0 Å². The van der Waals surface area contributed by atoms with Gasteiger partial charge in [0.1, 0.15) is 11.8 Å².